The van der Waals surface area contributed by atoms with Crippen LogP contribution >= 0.6 is 45.2 Å². The standard InChI is InChI=1S/C21H16I2N2O6/c1-2-30-21(29)13-3-5-15(6-4-13)25-20(28)14(10-24)7-12-8-16(22)19(17(23)9-12)31-11-18(26)27/h3-9H,2,11H2,1H3,(H,25,28)(H,26,27)/b14-7+. The molecule has 160 valence electrons. The van der Waals surface area contributed by atoms with Gasteiger partial charge in [-0.2, -0.15) is 5.26 Å². The molecular weight excluding hydrogens is 630 g/mol. The summed E-state index contributed by atoms with van der Waals surface area (Å²) < 4.78 is 11.5. The molecule has 0 spiro atoms. The Balaban J connectivity index is 2.18. The third kappa shape index (κ3) is 7.21. The summed E-state index contributed by atoms with van der Waals surface area (Å²) in [6, 6.07) is 11.3. The van der Waals surface area contributed by atoms with Gasteiger partial charge in [-0.1, -0.05) is 0 Å². The van der Waals surface area contributed by atoms with Crippen LogP contribution in [0.3, 0.4) is 0 Å². The summed E-state index contributed by atoms with van der Waals surface area (Å²) >= 11 is 3.99. The zero-order chi connectivity index (χ0) is 23.0. The third-order valence-electron chi connectivity index (χ3n) is 3.69. The molecule has 1 amide bonds. The van der Waals surface area contributed by atoms with Gasteiger partial charge < -0.3 is 19.9 Å². The lowest BCUT2D eigenvalue weighted by Gasteiger charge is -2.10. The Morgan fingerprint density at radius 2 is 1.77 bits per heavy atom. The van der Waals surface area contributed by atoms with Gasteiger partial charge in [-0.05, 0) is 100 Å². The zero-order valence-electron chi connectivity index (χ0n) is 16.1. The number of benzene rings is 2. The Morgan fingerprint density at radius 3 is 2.29 bits per heavy atom. The fourth-order valence-electron chi connectivity index (χ4n) is 2.35. The molecule has 0 atom stereocenters. The number of ether oxygens (including phenoxy) is 2. The summed E-state index contributed by atoms with van der Waals surface area (Å²) in [5.74, 6) is -1.74. The highest BCUT2D eigenvalue weighted by atomic mass is 127. The van der Waals surface area contributed by atoms with E-state index in [2.05, 4.69) is 5.32 Å². The maximum Gasteiger partial charge on any atom is 0.341 e. The third-order valence-corrected chi connectivity index (χ3v) is 5.29. The van der Waals surface area contributed by atoms with Crippen molar-refractivity contribution in [3.05, 3.63) is 60.2 Å². The van der Waals surface area contributed by atoms with Crippen LogP contribution in [-0.2, 0) is 14.3 Å². The van der Waals surface area contributed by atoms with Gasteiger partial charge in [0.1, 0.15) is 17.4 Å². The van der Waals surface area contributed by atoms with Crippen LogP contribution < -0.4 is 10.1 Å². The monoisotopic (exact) mass is 646 g/mol. The fraction of sp³-hybridized carbons (Fsp3) is 0.143. The maximum absolute atomic E-state index is 12.5. The number of anilines is 1. The van der Waals surface area contributed by atoms with Gasteiger partial charge in [0.25, 0.3) is 5.91 Å². The molecule has 0 aliphatic rings. The Bertz CT molecular complexity index is 1050. The number of hydrogen-bond acceptors (Lipinski definition) is 6. The summed E-state index contributed by atoms with van der Waals surface area (Å²) in [7, 11) is 0. The molecule has 0 aliphatic heterocycles. The fourth-order valence-corrected chi connectivity index (χ4v) is 4.48. The molecule has 0 radical (unpaired) electrons. The van der Waals surface area contributed by atoms with Crippen LogP contribution in [0.1, 0.15) is 22.8 Å². The predicted octanol–water partition coefficient (Wildman–Crippen LogP) is 4.08. The van der Waals surface area contributed by atoms with Gasteiger partial charge in [0.2, 0.25) is 0 Å². The SMILES string of the molecule is CCOC(=O)c1ccc(NC(=O)/C(C#N)=C/c2cc(I)c(OCC(=O)O)c(I)c2)cc1. The van der Waals surface area contributed by atoms with Crippen LogP contribution in [0, 0.1) is 18.5 Å². The van der Waals surface area contributed by atoms with Gasteiger partial charge in [-0.3, -0.25) is 4.79 Å². The Hall–Kier alpha value is -2.66. The Kier molecular flexibility index (Phi) is 9.25. The van der Waals surface area contributed by atoms with Crippen molar-refractivity contribution < 1.29 is 29.0 Å². The lowest BCUT2D eigenvalue weighted by atomic mass is 10.1. The first-order valence-electron chi connectivity index (χ1n) is 8.79. The molecule has 2 rings (SSSR count). The molecule has 0 saturated carbocycles. The number of aliphatic carboxylic acids is 1. The van der Waals surface area contributed by atoms with Gasteiger partial charge in [0, 0.05) is 5.69 Å². The molecule has 0 saturated heterocycles. The number of nitrogens with one attached hydrogen (secondary N) is 1. The highest BCUT2D eigenvalue weighted by molar-refractivity contribution is 14.1. The average molecular weight is 646 g/mol. The first-order chi connectivity index (χ1) is 14.7. The number of nitrogens with zero attached hydrogens (tertiary/aromatic N) is 1. The number of amides is 1. The van der Waals surface area contributed by atoms with Crippen molar-refractivity contribution in [2.24, 2.45) is 0 Å². The molecule has 0 aliphatic carbocycles. The number of carbonyl (C=O) groups excluding carboxylic acids is 2. The summed E-state index contributed by atoms with van der Waals surface area (Å²) in [6.07, 6.45) is 1.42. The lowest BCUT2D eigenvalue weighted by molar-refractivity contribution is -0.139. The largest absolute Gasteiger partial charge is 0.480 e. The van der Waals surface area contributed by atoms with Crippen LogP contribution in [0.4, 0.5) is 5.69 Å². The van der Waals surface area contributed by atoms with E-state index in [9.17, 15) is 19.6 Å². The highest BCUT2D eigenvalue weighted by Crippen LogP contribution is 2.30. The number of halogens is 2. The smallest absolute Gasteiger partial charge is 0.341 e. The molecule has 2 N–H and O–H groups in total. The van der Waals surface area contributed by atoms with E-state index in [1.54, 1.807) is 31.2 Å². The van der Waals surface area contributed by atoms with E-state index < -0.39 is 24.5 Å². The van der Waals surface area contributed by atoms with Crippen LogP contribution in [0.15, 0.2) is 42.0 Å². The minimum absolute atomic E-state index is 0.125. The summed E-state index contributed by atoms with van der Waals surface area (Å²) in [6.45, 7) is 1.50. The Morgan fingerprint density at radius 1 is 1.16 bits per heavy atom. The van der Waals surface area contributed by atoms with Crippen LogP contribution in [0.2, 0.25) is 0 Å². The normalized spacial score (nSPS) is 10.7. The quantitative estimate of drug-likeness (QED) is 0.192. The van der Waals surface area contributed by atoms with Crippen molar-refractivity contribution in [3.63, 3.8) is 0 Å². The minimum Gasteiger partial charge on any atom is -0.480 e. The predicted molar refractivity (Wildman–Crippen MR) is 130 cm³/mol. The van der Waals surface area contributed by atoms with E-state index in [4.69, 9.17) is 14.6 Å². The van der Waals surface area contributed by atoms with Crippen molar-refractivity contribution in [1.29, 1.82) is 5.26 Å². The lowest BCUT2D eigenvalue weighted by Crippen LogP contribution is -2.14. The van der Waals surface area contributed by atoms with Crippen molar-refractivity contribution >= 4 is 74.8 Å². The molecule has 8 nitrogen and oxygen atoms in total. The molecule has 2 aromatic rings. The minimum atomic E-state index is -1.09. The number of hydrogen-bond donors (Lipinski definition) is 2. The second-order valence-electron chi connectivity index (χ2n) is 5.92. The van der Waals surface area contributed by atoms with Gasteiger partial charge in [-0.25, -0.2) is 9.59 Å². The van der Waals surface area contributed by atoms with Gasteiger partial charge in [-0.15, -0.1) is 0 Å². The van der Waals surface area contributed by atoms with E-state index in [0.717, 1.165) is 0 Å². The number of carboxylic acids is 1. The van der Waals surface area contributed by atoms with Crippen molar-refractivity contribution in [2.45, 2.75) is 6.92 Å². The second kappa shape index (κ2) is 11.7. The van der Waals surface area contributed by atoms with E-state index in [1.165, 1.54) is 18.2 Å². The van der Waals surface area contributed by atoms with E-state index in [1.807, 2.05) is 51.3 Å². The van der Waals surface area contributed by atoms with E-state index in [0.29, 0.717) is 29.7 Å². The number of rotatable bonds is 8. The molecule has 10 heteroatoms. The number of carboxylic acid groups (broad SMARTS) is 1. The topological polar surface area (TPSA) is 126 Å². The van der Waals surface area contributed by atoms with Gasteiger partial charge in [0.15, 0.2) is 6.61 Å². The summed E-state index contributed by atoms with van der Waals surface area (Å²) in [5.41, 5.74) is 1.23. The second-order valence-corrected chi connectivity index (χ2v) is 8.24. The maximum atomic E-state index is 12.5. The highest BCUT2D eigenvalue weighted by Gasteiger charge is 2.14. The molecule has 0 fully saturated rings. The number of nitriles is 1. The van der Waals surface area contributed by atoms with Crippen LogP contribution in [-0.4, -0.2) is 36.2 Å². The van der Waals surface area contributed by atoms with Crippen molar-refractivity contribution in [1.82, 2.24) is 0 Å². The summed E-state index contributed by atoms with van der Waals surface area (Å²) in [5, 5.41) is 20.8. The first-order valence-corrected chi connectivity index (χ1v) is 10.9. The number of esters is 1. The molecule has 31 heavy (non-hydrogen) atoms. The van der Waals surface area contributed by atoms with Gasteiger partial charge in [0.05, 0.1) is 19.3 Å². The van der Waals surface area contributed by atoms with Crippen LogP contribution in [0.5, 0.6) is 5.75 Å². The van der Waals surface area contributed by atoms with E-state index >= 15 is 0 Å². The first kappa shape index (κ1) is 24.6. The van der Waals surface area contributed by atoms with E-state index in [-0.39, 0.29) is 12.2 Å². The molecular formula is C21H16I2N2O6. The van der Waals surface area contributed by atoms with Crippen molar-refractivity contribution in [3.8, 4) is 11.8 Å². The Labute approximate surface area is 205 Å². The van der Waals surface area contributed by atoms with Crippen LogP contribution in [0.25, 0.3) is 6.08 Å². The average Bonchev–Trinajstić information content (AvgIpc) is 2.71. The van der Waals surface area contributed by atoms with Gasteiger partial charge >= 0.3 is 11.9 Å². The summed E-state index contributed by atoms with van der Waals surface area (Å²) in [4.78, 5) is 34.9. The molecule has 0 aromatic heterocycles. The molecule has 0 heterocycles. The molecule has 0 bridgehead atoms. The molecule has 0 unspecified atom stereocenters. The zero-order valence-corrected chi connectivity index (χ0v) is 20.5. The molecule has 2 aromatic carbocycles. The number of carbonyl (C=O) groups is 3. The van der Waals surface area contributed by atoms with Crippen molar-refractivity contribution in [2.75, 3.05) is 18.5 Å².